The van der Waals surface area contributed by atoms with Crippen molar-refractivity contribution in [3.05, 3.63) is 29.8 Å². The smallest absolute Gasteiger partial charge is 0.303 e. The highest BCUT2D eigenvalue weighted by atomic mass is 28.3. The quantitative estimate of drug-likeness (QED) is 0.138. The van der Waals surface area contributed by atoms with Crippen LogP contribution in [0.15, 0.2) is 24.3 Å². The van der Waals surface area contributed by atoms with E-state index in [1.54, 1.807) is 24.3 Å². The molecule has 0 aliphatic rings. The molecule has 14 heteroatoms. The van der Waals surface area contributed by atoms with Gasteiger partial charge in [0.25, 0.3) is 5.91 Å². The molecule has 1 N–H and O–H groups in total. The molecule has 0 saturated carbocycles. The molecule has 1 aromatic carbocycles. The van der Waals surface area contributed by atoms with Gasteiger partial charge < -0.3 is 33.7 Å². The molecule has 13 nitrogen and oxygen atoms in total. The summed E-state index contributed by atoms with van der Waals surface area (Å²) in [6.07, 6.45) is -6.11. The highest BCUT2D eigenvalue weighted by Crippen LogP contribution is 2.20. The fourth-order valence-electron chi connectivity index (χ4n) is 3.45. The van der Waals surface area contributed by atoms with Crippen molar-refractivity contribution >= 4 is 43.8 Å². The Labute approximate surface area is 251 Å². The fraction of sp³-hybridized carbons (Fsp3) is 0.517. The zero-order valence-corrected chi connectivity index (χ0v) is 26.6. The van der Waals surface area contributed by atoms with E-state index in [1.807, 2.05) is 0 Å². The summed E-state index contributed by atoms with van der Waals surface area (Å²) in [7, 11) is -1.54. The Kier molecular flexibility index (Phi) is 15.0. The Balaban J connectivity index is 3.14. The fourth-order valence-corrected chi connectivity index (χ4v) is 3.97. The molecule has 0 radical (unpaired) electrons. The maximum Gasteiger partial charge on any atom is 0.303 e. The van der Waals surface area contributed by atoms with Gasteiger partial charge in [0.2, 0.25) is 0 Å². The molecule has 1 amide bonds. The lowest BCUT2D eigenvalue weighted by atomic mass is 10.0. The number of amides is 1. The van der Waals surface area contributed by atoms with Crippen LogP contribution in [-0.4, -0.2) is 88.0 Å². The molecule has 0 aliphatic carbocycles. The van der Waals surface area contributed by atoms with Crippen LogP contribution < -0.4 is 10.1 Å². The minimum Gasteiger partial charge on any atom is -0.484 e. The first-order chi connectivity index (χ1) is 20.0. The highest BCUT2D eigenvalue weighted by molar-refractivity contribution is 6.83. The third-order valence-corrected chi connectivity index (χ3v) is 5.93. The van der Waals surface area contributed by atoms with Crippen molar-refractivity contribution in [1.82, 2.24) is 5.32 Å². The van der Waals surface area contributed by atoms with Crippen molar-refractivity contribution < 1.29 is 57.2 Å². The number of rotatable bonds is 14. The number of esters is 5. The molecular weight excluding hydrogens is 582 g/mol. The Bertz CT molecular complexity index is 1210. The summed E-state index contributed by atoms with van der Waals surface area (Å²) in [5, 5.41) is 2.51. The van der Waals surface area contributed by atoms with Crippen LogP contribution in [0, 0.1) is 11.5 Å². The summed E-state index contributed by atoms with van der Waals surface area (Å²) < 4.78 is 31.6. The number of hydrogen-bond acceptors (Lipinski definition) is 12. The molecule has 0 spiro atoms. The van der Waals surface area contributed by atoms with Crippen molar-refractivity contribution in [3.63, 3.8) is 0 Å². The predicted molar refractivity (Wildman–Crippen MR) is 154 cm³/mol. The van der Waals surface area contributed by atoms with E-state index in [2.05, 4.69) is 36.4 Å². The van der Waals surface area contributed by atoms with Gasteiger partial charge in [-0.25, -0.2) is 0 Å². The third-order valence-electron chi connectivity index (χ3n) is 5.05. The van der Waals surface area contributed by atoms with E-state index in [1.165, 1.54) is 0 Å². The van der Waals surface area contributed by atoms with Crippen molar-refractivity contribution in [2.24, 2.45) is 0 Å². The molecule has 0 saturated heterocycles. The van der Waals surface area contributed by atoms with E-state index in [-0.39, 0.29) is 0 Å². The van der Waals surface area contributed by atoms with E-state index in [9.17, 15) is 28.8 Å². The minimum atomic E-state index is -1.61. The molecule has 4 atom stereocenters. The number of benzene rings is 1. The van der Waals surface area contributed by atoms with E-state index >= 15 is 0 Å². The average Bonchev–Trinajstić information content (AvgIpc) is 2.88. The molecule has 1 rings (SSSR count). The lowest BCUT2D eigenvalue weighted by Gasteiger charge is -2.35. The maximum atomic E-state index is 12.6. The molecular formula is C29H39NO12Si. The number of carbonyl (C=O) groups is 6. The van der Waals surface area contributed by atoms with Crippen molar-refractivity contribution in [2.45, 2.75) is 78.7 Å². The van der Waals surface area contributed by atoms with E-state index in [4.69, 9.17) is 28.4 Å². The standard InChI is InChI=1S/C29H39NO12Si/c1-18(31)37-16-26(40-20(3)33)29(42-22(5)35)28(41-21(4)34)25(39-19(2)32)15-30-27(36)17-38-24-11-9-23(10-12-24)13-14-43(6,7)8/h9-12,25-26,28-29H,15-17H2,1-8H3,(H,30,36)/t25-,26+,28+,29+/m1/s1. The molecule has 43 heavy (non-hydrogen) atoms. The summed E-state index contributed by atoms with van der Waals surface area (Å²) in [5.74, 6) is -1.24. The second-order valence-corrected chi connectivity index (χ2v) is 15.1. The Hall–Kier alpha value is -4.38. The van der Waals surface area contributed by atoms with Crippen LogP contribution >= 0.6 is 0 Å². The van der Waals surface area contributed by atoms with E-state index in [0.29, 0.717) is 5.75 Å². The van der Waals surface area contributed by atoms with Crippen molar-refractivity contribution in [1.29, 1.82) is 0 Å². The summed E-state index contributed by atoms with van der Waals surface area (Å²) in [6, 6.07) is 6.88. The zero-order chi connectivity index (χ0) is 32.7. The van der Waals surface area contributed by atoms with Crippen LogP contribution in [-0.2, 0) is 52.5 Å². The van der Waals surface area contributed by atoms with Crippen LogP contribution in [0.3, 0.4) is 0 Å². The van der Waals surface area contributed by atoms with Gasteiger partial charge in [0.05, 0.1) is 6.54 Å². The van der Waals surface area contributed by atoms with Gasteiger partial charge in [-0.05, 0) is 24.3 Å². The summed E-state index contributed by atoms with van der Waals surface area (Å²) in [5.41, 5.74) is 4.07. The molecule has 0 fully saturated rings. The lowest BCUT2D eigenvalue weighted by Crippen LogP contribution is -2.55. The van der Waals surface area contributed by atoms with Gasteiger partial charge in [0.1, 0.15) is 20.4 Å². The number of hydrogen-bond donors (Lipinski definition) is 1. The zero-order valence-electron chi connectivity index (χ0n) is 25.6. The first-order valence-electron chi connectivity index (χ1n) is 13.3. The Morgan fingerprint density at radius 3 is 1.67 bits per heavy atom. The van der Waals surface area contributed by atoms with E-state index in [0.717, 1.165) is 40.2 Å². The normalized spacial score (nSPS) is 13.4. The number of nitrogens with one attached hydrogen (secondary N) is 1. The minimum absolute atomic E-state index is 0.410. The van der Waals surface area contributed by atoms with Gasteiger partial charge in [0.15, 0.2) is 31.0 Å². The average molecular weight is 622 g/mol. The Morgan fingerprint density at radius 2 is 1.21 bits per heavy atom. The van der Waals surface area contributed by atoms with Gasteiger partial charge >= 0.3 is 29.8 Å². The topological polar surface area (TPSA) is 170 Å². The van der Waals surface area contributed by atoms with Gasteiger partial charge in [-0.1, -0.05) is 25.6 Å². The van der Waals surface area contributed by atoms with Crippen LogP contribution in [0.5, 0.6) is 5.75 Å². The largest absolute Gasteiger partial charge is 0.484 e. The van der Waals surface area contributed by atoms with Gasteiger partial charge in [-0.2, -0.15) is 0 Å². The van der Waals surface area contributed by atoms with Gasteiger partial charge in [-0.15, -0.1) is 5.54 Å². The number of ether oxygens (including phenoxy) is 6. The third kappa shape index (κ3) is 16.0. The Morgan fingerprint density at radius 1 is 0.721 bits per heavy atom. The molecule has 0 heterocycles. The maximum absolute atomic E-state index is 12.6. The SMILES string of the molecule is CC(=O)OC[C@H](OC(C)=O)[C@H](OC(C)=O)[C@@H](OC(C)=O)[C@@H](CNC(=O)COc1ccc(C#C[Si](C)(C)C)cc1)OC(C)=O. The predicted octanol–water partition coefficient (Wildman–Crippen LogP) is 1.70. The molecule has 0 aromatic heterocycles. The monoisotopic (exact) mass is 621 g/mol. The van der Waals surface area contributed by atoms with Crippen LogP contribution in [0.2, 0.25) is 19.6 Å². The molecule has 0 aliphatic heterocycles. The molecule has 0 bridgehead atoms. The number of carbonyl (C=O) groups excluding carboxylic acids is 6. The first kappa shape index (κ1) is 36.6. The second-order valence-electron chi connectivity index (χ2n) is 10.4. The van der Waals surface area contributed by atoms with Gasteiger partial charge in [-0.3, -0.25) is 28.8 Å². The summed E-state index contributed by atoms with van der Waals surface area (Å²) in [6.45, 7) is 10.3. The van der Waals surface area contributed by atoms with Crippen LogP contribution in [0.1, 0.15) is 40.2 Å². The van der Waals surface area contributed by atoms with E-state index < -0.39 is 88.0 Å². The van der Waals surface area contributed by atoms with Crippen LogP contribution in [0.25, 0.3) is 0 Å². The van der Waals surface area contributed by atoms with Crippen molar-refractivity contribution in [3.8, 4) is 17.2 Å². The first-order valence-corrected chi connectivity index (χ1v) is 16.8. The van der Waals surface area contributed by atoms with Crippen molar-refractivity contribution in [2.75, 3.05) is 19.8 Å². The van der Waals surface area contributed by atoms with Gasteiger partial charge in [0, 0.05) is 40.2 Å². The summed E-state index contributed by atoms with van der Waals surface area (Å²) in [4.78, 5) is 71.9. The highest BCUT2D eigenvalue weighted by Gasteiger charge is 2.44. The molecule has 0 unspecified atom stereocenters. The second kappa shape index (κ2) is 17.5. The van der Waals surface area contributed by atoms with Crippen LogP contribution in [0.4, 0.5) is 0 Å². The summed E-state index contributed by atoms with van der Waals surface area (Å²) >= 11 is 0. The molecule has 236 valence electrons. The lowest BCUT2D eigenvalue weighted by molar-refractivity contribution is -0.202. The molecule has 1 aromatic rings.